The van der Waals surface area contributed by atoms with E-state index in [1.165, 1.54) is 12.8 Å². The second-order valence-electron chi connectivity index (χ2n) is 4.90. The summed E-state index contributed by atoms with van der Waals surface area (Å²) in [5.74, 6) is 6.23. The summed E-state index contributed by atoms with van der Waals surface area (Å²) in [7, 11) is 0. The largest absolute Gasteiger partial charge is 0.352 e. The summed E-state index contributed by atoms with van der Waals surface area (Å²) in [5.41, 5.74) is 7.38. The first-order valence-electron chi connectivity index (χ1n) is 6.85. The van der Waals surface area contributed by atoms with Crippen molar-refractivity contribution < 1.29 is 4.79 Å². The molecule has 1 saturated carbocycles. The zero-order valence-electron chi connectivity index (χ0n) is 11.1. The third-order valence-electron chi connectivity index (χ3n) is 3.48. The molecule has 0 atom stereocenters. The Balaban J connectivity index is 1.84. The molecule has 1 aromatic rings. The Bertz CT molecular complexity index is 476. The second kappa shape index (κ2) is 6.96. The van der Waals surface area contributed by atoms with Crippen LogP contribution in [0.4, 0.5) is 0 Å². The molecule has 1 aliphatic carbocycles. The number of carbonyl (C=O) groups excluding carboxylic acids is 1. The summed E-state index contributed by atoms with van der Waals surface area (Å²) >= 11 is 0. The van der Waals surface area contributed by atoms with Crippen LogP contribution < -0.4 is 11.1 Å². The van der Waals surface area contributed by atoms with Gasteiger partial charge in [0.05, 0.1) is 6.54 Å². The van der Waals surface area contributed by atoms with Crippen molar-refractivity contribution >= 4 is 5.91 Å². The maximum atomic E-state index is 11.9. The molecule has 3 nitrogen and oxygen atoms in total. The Kier molecular flexibility index (Phi) is 5.00. The van der Waals surface area contributed by atoms with E-state index < -0.39 is 0 Å². The molecule has 1 amide bonds. The minimum atomic E-state index is 0.199. The van der Waals surface area contributed by atoms with Gasteiger partial charge in [-0.2, -0.15) is 0 Å². The lowest BCUT2D eigenvalue weighted by Gasteiger charge is -2.10. The van der Waals surface area contributed by atoms with E-state index >= 15 is 0 Å². The minimum absolute atomic E-state index is 0.199. The molecule has 0 bridgehead atoms. The van der Waals surface area contributed by atoms with E-state index in [9.17, 15) is 4.79 Å². The average Bonchev–Trinajstić information content (AvgIpc) is 2.98. The van der Waals surface area contributed by atoms with Crippen molar-refractivity contribution in [2.24, 2.45) is 11.7 Å². The minimum Gasteiger partial charge on any atom is -0.352 e. The van der Waals surface area contributed by atoms with Gasteiger partial charge >= 0.3 is 0 Å². The Morgan fingerprint density at radius 1 is 1.26 bits per heavy atom. The zero-order chi connectivity index (χ0) is 13.5. The third kappa shape index (κ3) is 4.11. The molecule has 19 heavy (non-hydrogen) atoms. The van der Waals surface area contributed by atoms with E-state index in [1.54, 1.807) is 0 Å². The van der Waals surface area contributed by atoms with Gasteiger partial charge in [-0.05, 0) is 30.5 Å². The van der Waals surface area contributed by atoms with Gasteiger partial charge in [0, 0.05) is 18.0 Å². The zero-order valence-corrected chi connectivity index (χ0v) is 11.1. The number of amides is 1. The van der Waals surface area contributed by atoms with Crippen LogP contribution in [0.25, 0.3) is 0 Å². The number of benzene rings is 1. The fraction of sp³-hybridized carbons (Fsp3) is 0.438. The molecule has 100 valence electrons. The fourth-order valence-corrected chi connectivity index (χ4v) is 2.38. The van der Waals surface area contributed by atoms with Crippen molar-refractivity contribution in [2.45, 2.75) is 32.2 Å². The molecule has 0 saturated heterocycles. The molecule has 2 rings (SSSR count). The Hall–Kier alpha value is -1.79. The number of rotatable bonds is 3. The predicted octanol–water partition coefficient (Wildman–Crippen LogP) is 1.80. The molecular formula is C16H20N2O. The topological polar surface area (TPSA) is 55.1 Å². The first-order chi connectivity index (χ1) is 9.29. The summed E-state index contributed by atoms with van der Waals surface area (Å²) in [6.07, 6.45) is 4.46. The molecule has 1 aliphatic rings. The highest BCUT2D eigenvalue weighted by Gasteiger charge is 2.21. The van der Waals surface area contributed by atoms with Gasteiger partial charge in [-0.1, -0.05) is 36.8 Å². The fourth-order valence-electron chi connectivity index (χ4n) is 2.38. The smallest absolute Gasteiger partial charge is 0.223 e. The summed E-state index contributed by atoms with van der Waals surface area (Å²) in [4.78, 5) is 11.9. The predicted molar refractivity (Wildman–Crippen MR) is 76.2 cm³/mol. The lowest BCUT2D eigenvalue weighted by molar-refractivity contribution is -0.124. The highest BCUT2D eigenvalue weighted by molar-refractivity contribution is 5.78. The number of nitrogens with one attached hydrogen (secondary N) is 1. The molecule has 3 N–H and O–H groups in total. The van der Waals surface area contributed by atoms with E-state index in [-0.39, 0.29) is 11.8 Å². The Labute approximate surface area is 114 Å². The Morgan fingerprint density at radius 3 is 2.58 bits per heavy atom. The van der Waals surface area contributed by atoms with Crippen LogP contribution in [0.3, 0.4) is 0 Å². The molecule has 0 spiro atoms. The van der Waals surface area contributed by atoms with Crippen molar-refractivity contribution in [1.29, 1.82) is 0 Å². The maximum absolute atomic E-state index is 11.9. The number of hydrogen-bond acceptors (Lipinski definition) is 2. The van der Waals surface area contributed by atoms with Crippen LogP contribution in [0.15, 0.2) is 24.3 Å². The van der Waals surface area contributed by atoms with Gasteiger partial charge in [-0.25, -0.2) is 0 Å². The van der Waals surface area contributed by atoms with Crippen LogP contribution in [-0.2, 0) is 11.3 Å². The van der Waals surface area contributed by atoms with Gasteiger partial charge in [0.2, 0.25) is 5.91 Å². The van der Waals surface area contributed by atoms with Gasteiger partial charge in [0.1, 0.15) is 0 Å². The standard InChI is InChI=1S/C16H20N2O/c17-11-3-4-13-7-9-14(10-8-13)12-18-16(19)15-5-1-2-6-15/h7-10,15H,1-2,5-6,11-12,17H2,(H,18,19). The van der Waals surface area contributed by atoms with Crippen LogP contribution in [-0.4, -0.2) is 12.5 Å². The van der Waals surface area contributed by atoms with Crippen molar-refractivity contribution in [2.75, 3.05) is 6.54 Å². The van der Waals surface area contributed by atoms with Crippen LogP contribution in [0, 0.1) is 17.8 Å². The molecule has 0 radical (unpaired) electrons. The van der Waals surface area contributed by atoms with E-state index in [4.69, 9.17) is 5.73 Å². The summed E-state index contributed by atoms with van der Waals surface area (Å²) in [6, 6.07) is 7.91. The number of nitrogens with two attached hydrogens (primary N) is 1. The van der Waals surface area contributed by atoms with Gasteiger partial charge in [0.25, 0.3) is 0 Å². The van der Waals surface area contributed by atoms with E-state index in [1.807, 2.05) is 24.3 Å². The molecule has 3 heteroatoms. The highest BCUT2D eigenvalue weighted by atomic mass is 16.1. The third-order valence-corrected chi connectivity index (χ3v) is 3.48. The van der Waals surface area contributed by atoms with Crippen molar-refractivity contribution in [3.8, 4) is 11.8 Å². The summed E-state index contributed by atoms with van der Waals surface area (Å²) in [5, 5.41) is 3.01. The molecule has 1 fully saturated rings. The molecule has 0 heterocycles. The second-order valence-corrected chi connectivity index (χ2v) is 4.90. The van der Waals surface area contributed by atoms with Gasteiger partial charge in [-0.3, -0.25) is 4.79 Å². The molecule has 0 unspecified atom stereocenters. The first kappa shape index (κ1) is 13.6. The van der Waals surface area contributed by atoms with Crippen molar-refractivity contribution in [1.82, 2.24) is 5.32 Å². The summed E-state index contributed by atoms with van der Waals surface area (Å²) in [6.45, 7) is 0.971. The van der Waals surface area contributed by atoms with Crippen molar-refractivity contribution in [3.05, 3.63) is 35.4 Å². The Morgan fingerprint density at radius 2 is 1.95 bits per heavy atom. The molecule has 0 aliphatic heterocycles. The summed E-state index contributed by atoms with van der Waals surface area (Å²) < 4.78 is 0. The lowest BCUT2D eigenvalue weighted by atomic mass is 10.1. The molecule has 0 aromatic heterocycles. The van der Waals surface area contributed by atoms with E-state index in [0.717, 1.165) is 24.0 Å². The number of hydrogen-bond donors (Lipinski definition) is 2. The monoisotopic (exact) mass is 256 g/mol. The van der Waals surface area contributed by atoms with Crippen molar-refractivity contribution in [3.63, 3.8) is 0 Å². The van der Waals surface area contributed by atoms with E-state index in [2.05, 4.69) is 17.2 Å². The number of carbonyl (C=O) groups is 1. The van der Waals surface area contributed by atoms with Crippen LogP contribution >= 0.6 is 0 Å². The molecular weight excluding hydrogens is 236 g/mol. The SMILES string of the molecule is NCC#Cc1ccc(CNC(=O)C2CCCC2)cc1. The van der Waals surface area contributed by atoms with Gasteiger partial charge in [0.15, 0.2) is 0 Å². The molecule has 1 aromatic carbocycles. The van der Waals surface area contributed by atoms with E-state index in [0.29, 0.717) is 13.1 Å². The normalized spacial score (nSPS) is 14.8. The van der Waals surface area contributed by atoms with Crippen LogP contribution in [0.1, 0.15) is 36.8 Å². The first-order valence-corrected chi connectivity index (χ1v) is 6.85. The van der Waals surface area contributed by atoms with Crippen LogP contribution in [0.5, 0.6) is 0 Å². The lowest BCUT2D eigenvalue weighted by Crippen LogP contribution is -2.28. The van der Waals surface area contributed by atoms with Gasteiger partial charge in [-0.15, -0.1) is 0 Å². The van der Waals surface area contributed by atoms with Gasteiger partial charge < -0.3 is 11.1 Å². The van der Waals surface area contributed by atoms with Crippen LogP contribution in [0.2, 0.25) is 0 Å². The quantitative estimate of drug-likeness (QED) is 0.810. The average molecular weight is 256 g/mol. The maximum Gasteiger partial charge on any atom is 0.223 e. The highest BCUT2D eigenvalue weighted by Crippen LogP contribution is 2.24.